The van der Waals surface area contributed by atoms with Gasteiger partial charge in [-0.25, -0.2) is 4.79 Å². The van der Waals surface area contributed by atoms with E-state index in [0.717, 1.165) is 16.3 Å². The van der Waals surface area contributed by atoms with E-state index in [9.17, 15) is 24.0 Å². The van der Waals surface area contributed by atoms with Gasteiger partial charge in [-0.05, 0) is 76.8 Å². The molecule has 2 rings (SSSR count). The lowest BCUT2D eigenvalue weighted by atomic mass is 10.0. The van der Waals surface area contributed by atoms with E-state index in [0.29, 0.717) is 32.4 Å². The first kappa shape index (κ1) is 39.5. The maximum absolute atomic E-state index is 13.8. The maximum atomic E-state index is 13.8. The summed E-state index contributed by atoms with van der Waals surface area (Å²) >= 11 is 0. The Kier molecular flexibility index (Phi) is 16.3. The smallest absolute Gasteiger partial charge is 0.407 e. The lowest BCUT2D eigenvalue weighted by Crippen LogP contribution is -2.56. The molecule has 14 heteroatoms. The number of amides is 4. The molecule has 0 aliphatic heterocycles. The summed E-state index contributed by atoms with van der Waals surface area (Å²) in [5.41, 5.74) is 5.92. The average Bonchev–Trinajstić information content (AvgIpc) is 3.03. The van der Waals surface area contributed by atoms with Gasteiger partial charge in [-0.3, -0.25) is 24.2 Å². The van der Waals surface area contributed by atoms with Crippen LogP contribution in [0.15, 0.2) is 47.5 Å². The highest BCUT2D eigenvalue weighted by Crippen LogP contribution is 2.17. The van der Waals surface area contributed by atoms with E-state index in [-0.39, 0.29) is 31.1 Å². The number of carbonyl (C=O) groups is 5. The molecule has 0 fully saturated rings. The molecule has 1 unspecified atom stereocenters. The number of ketones is 1. The molecule has 0 radical (unpaired) electrons. The van der Waals surface area contributed by atoms with Gasteiger partial charge in [-0.2, -0.15) is 0 Å². The Morgan fingerprint density at radius 1 is 0.812 bits per heavy atom. The largest absolute Gasteiger partial charge is 0.444 e. The van der Waals surface area contributed by atoms with Gasteiger partial charge in [0.05, 0.1) is 12.6 Å². The quantitative estimate of drug-likeness (QED) is 0.0693. The van der Waals surface area contributed by atoms with Gasteiger partial charge in [-0.15, -0.1) is 0 Å². The number of nitrogens with one attached hydrogen (secondary N) is 6. The van der Waals surface area contributed by atoms with Crippen molar-refractivity contribution >= 4 is 46.3 Å². The van der Waals surface area contributed by atoms with Crippen molar-refractivity contribution in [1.29, 1.82) is 0 Å². The van der Waals surface area contributed by atoms with Crippen molar-refractivity contribution in [3.05, 3.63) is 48.0 Å². The third-order valence-electron chi connectivity index (χ3n) is 7.25. The topological polar surface area (TPSA) is 205 Å². The van der Waals surface area contributed by atoms with Crippen molar-refractivity contribution in [1.82, 2.24) is 31.9 Å². The van der Waals surface area contributed by atoms with Gasteiger partial charge < -0.3 is 42.4 Å². The zero-order valence-corrected chi connectivity index (χ0v) is 28.9. The molecule has 2 aromatic rings. The molecule has 0 saturated heterocycles. The normalized spacial score (nSPS) is 13.5. The number of nitrogens with two attached hydrogens (primary N) is 1. The highest BCUT2D eigenvalue weighted by Gasteiger charge is 2.29. The summed E-state index contributed by atoms with van der Waals surface area (Å²) in [6.45, 7) is 7.18. The number of aliphatic imine (C=N–C) groups is 1. The third kappa shape index (κ3) is 14.8. The first-order valence-electron chi connectivity index (χ1n) is 16.2. The molecule has 2 aromatic carbocycles. The van der Waals surface area contributed by atoms with Crippen LogP contribution in [-0.4, -0.2) is 93.0 Å². The number of guanidine groups is 1. The monoisotopic (exact) mass is 668 g/mol. The molecular formula is C34H52N8O6. The molecule has 0 saturated carbocycles. The molecular weight excluding hydrogens is 616 g/mol. The first-order valence-corrected chi connectivity index (χ1v) is 16.2. The van der Waals surface area contributed by atoms with Crippen LogP contribution in [0.25, 0.3) is 10.8 Å². The Morgan fingerprint density at radius 2 is 1.42 bits per heavy atom. The SMILES string of the molecule is CN=C(N)NCCC[C@H](NC(=O)[C@@H](CCCNC(=O)OC(C)(C)C)NC)C(=O)NC(Cc1ccc2ccccc2c1)C(=O)NCC(C)=O. The van der Waals surface area contributed by atoms with Gasteiger partial charge >= 0.3 is 6.09 Å². The fourth-order valence-electron chi connectivity index (χ4n) is 4.78. The minimum atomic E-state index is -1.02. The molecule has 0 aromatic heterocycles. The van der Waals surface area contributed by atoms with Crippen LogP contribution in [0.1, 0.15) is 58.9 Å². The number of hydrogen-bond donors (Lipinski definition) is 7. The van der Waals surface area contributed by atoms with Crippen molar-refractivity contribution < 1.29 is 28.7 Å². The van der Waals surface area contributed by atoms with E-state index in [1.54, 1.807) is 34.9 Å². The van der Waals surface area contributed by atoms with Crippen LogP contribution in [-0.2, 0) is 30.3 Å². The molecule has 264 valence electrons. The highest BCUT2D eigenvalue weighted by atomic mass is 16.6. The summed E-state index contributed by atoms with van der Waals surface area (Å²) in [6, 6.07) is 10.9. The lowest BCUT2D eigenvalue weighted by Gasteiger charge is -2.25. The van der Waals surface area contributed by atoms with E-state index < -0.39 is 47.5 Å². The van der Waals surface area contributed by atoms with Crippen LogP contribution < -0.4 is 37.6 Å². The summed E-state index contributed by atoms with van der Waals surface area (Å²) in [7, 11) is 3.18. The lowest BCUT2D eigenvalue weighted by molar-refractivity contribution is -0.133. The fourth-order valence-corrected chi connectivity index (χ4v) is 4.78. The van der Waals surface area contributed by atoms with Gasteiger partial charge in [0.2, 0.25) is 17.7 Å². The second kappa shape index (κ2) is 19.8. The van der Waals surface area contributed by atoms with Crippen LogP contribution in [0.4, 0.5) is 4.79 Å². The maximum Gasteiger partial charge on any atom is 0.407 e. The van der Waals surface area contributed by atoms with Gasteiger partial charge in [0.15, 0.2) is 5.96 Å². The summed E-state index contributed by atoms with van der Waals surface area (Å²) in [5.74, 6) is -1.47. The Morgan fingerprint density at radius 3 is 2.04 bits per heavy atom. The van der Waals surface area contributed by atoms with Crippen LogP contribution in [0.2, 0.25) is 0 Å². The number of alkyl carbamates (subject to hydrolysis) is 1. The van der Waals surface area contributed by atoms with E-state index in [4.69, 9.17) is 10.5 Å². The van der Waals surface area contributed by atoms with Crippen molar-refractivity contribution in [2.75, 3.05) is 33.7 Å². The third-order valence-corrected chi connectivity index (χ3v) is 7.25. The molecule has 4 amide bonds. The Balaban J connectivity index is 2.18. The van der Waals surface area contributed by atoms with Crippen molar-refractivity contribution in [2.24, 2.45) is 10.7 Å². The second-order valence-electron chi connectivity index (χ2n) is 12.5. The van der Waals surface area contributed by atoms with Crippen LogP contribution in [0.5, 0.6) is 0 Å². The number of benzene rings is 2. The van der Waals surface area contributed by atoms with E-state index in [2.05, 4.69) is 36.9 Å². The van der Waals surface area contributed by atoms with Crippen molar-refractivity contribution in [3.63, 3.8) is 0 Å². The molecule has 8 N–H and O–H groups in total. The number of Topliss-reactive ketones (excluding diaryl/α,β-unsaturated/α-hetero) is 1. The molecule has 0 spiro atoms. The molecule has 3 atom stereocenters. The highest BCUT2D eigenvalue weighted by molar-refractivity contribution is 5.94. The molecule has 0 aliphatic carbocycles. The zero-order valence-electron chi connectivity index (χ0n) is 28.9. The molecule has 0 aliphatic rings. The second-order valence-corrected chi connectivity index (χ2v) is 12.5. The predicted octanol–water partition coefficient (Wildman–Crippen LogP) is 1.26. The van der Waals surface area contributed by atoms with E-state index in [1.807, 2.05) is 42.5 Å². The summed E-state index contributed by atoms with van der Waals surface area (Å²) in [5, 5.41) is 18.8. The fraction of sp³-hybridized carbons (Fsp3) is 0.529. The minimum absolute atomic E-state index is 0.163. The Labute approximate surface area is 282 Å². The Bertz CT molecular complexity index is 1420. The van der Waals surface area contributed by atoms with Crippen LogP contribution in [0, 0.1) is 0 Å². The summed E-state index contributed by atoms with van der Waals surface area (Å²) < 4.78 is 5.24. The minimum Gasteiger partial charge on any atom is -0.444 e. The standard InChI is InChI=1S/C34H52N8O6/c1-22(43)21-40-29(44)28(20-23-15-16-24-11-7-8-12-25(24)19-23)42-31(46)27(14-10-17-38-32(35)37-6)41-30(45)26(36-5)13-9-18-39-33(47)48-34(2,3)4/h7-8,11-12,15-16,19,26-28,36H,9-10,13-14,17-18,20-21H2,1-6H3,(H,39,47)(H,40,44)(H,41,45)(H,42,46)(H3,35,37,38)/t26-,27+,28?/m1/s1. The number of ether oxygens (including phenoxy) is 1. The van der Waals surface area contributed by atoms with Gasteiger partial charge in [-0.1, -0.05) is 42.5 Å². The summed E-state index contributed by atoms with van der Waals surface area (Å²) in [6.07, 6.45) is 1.14. The van der Waals surface area contributed by atoms with Crippen LogP contribution >= 0.6 is 0 Å². The summed E-state index contributed by atoms with van der Waals surface area (Å²) in [4.78, 5) is 67.8. The molecule has 0 heterocycles. The molecule has 48 heavy (non-hydrogen) atoms. The predicted molar refractivity (Wildman–Crippen MR) is 186 cm³/mol. The number of hydrogen-bond acceptors (Lipinski definition) is 8. The number of nitrogens with zero attached hydrogens (tertiary/aromatic N) is 1. The number of likely N-dealkylation sites (N-methyl/N-ethyl adjacent to an activating group) is 1. The van der Waals surface area contributed by atoms with E-state index in [1.165, 1.54) is 6.92 Å². The number of carbonyl (C=O) groups excluding carboxylic acids is 5. The van der Waals surface area contributed by atoms with Gasteiger partial charge in [0.1, 0.15) is 23.5 Å². The number of fused-ring (bicyclic) bond motifs is 1. The molecule has 0 bridgehead atoms. The van der Waals surface area contributed by atoms with Gasteiger partial charge in [0, 0.05) is 26.6 Å². The molecule has 14 nitrogen and oxygen atoms in total. The van der Waals surface area contributed by atoms with Crippen LogP contribution in [0.3, 0.4) is 0 Å². The average molecular weight is 669 g/mol. The first-order chi connectivity index (χ1) is 22.7. The van der Waals surface area contributed by atoms with Gasteiger partial charge in [0.25, 0.3) is 0 Å². The zero-order chi connectivity index (χ0) is 35.7. The van der Waals surface area contributed by atoms with E-state index >= 15 is 0 Å². The Hall–Kier alpha value is -4.72. The number of rotatable bonds is 18. The van der Waals surface area contributed by atoms with Crippen molar-refractivity contribution in [2.45, 2.75) is 83.5 Å². The van der Waals surface area contributed by atoms with Crippen molar-refractivity contribution in [3.8, 4) is 0 Å².